The zero-order valence-electron chi connectivity index (χ0n) is 12.4. The molecule has 0 aliphatic carbocycles. The highest BCUT2D eigenvalue weighted by atomic mass is 16.5. The molecule has 0 aromatic heterocycles. The Bertz CT molecular complexity index is 253. The van der Waals surface area contributed by atoms with Crippen LogP contribution in [0.5, 0.6) is 0 Å². The van der Waals surface area contributed by atoms with Crippen molar-refractivity contribution in [1.82, 2.24) is 10.2 Å². The molecule has 2 saturated heterocycles. The monoisotopic (exact) mass is 254 g/mol. The van der Waals surface area contributed by atoms with Crippen LogP contribution in [0.25, 0.3) is 0 Å². The Balaban J connectivity index is 1.95. The van der Waals surface area contributed by atoms with Crippen molar-refractivity contribution in [3.8, 4) is 0 Å². The summed E-state index contributed by atoms with van der Waals surface area (Å²) in [7, 11) is 0. The number of hydrogen-bond donors (Lipinski definition) is 1. The molecular formula is C15H30N2O. The molecule has 2 fully saturated rings. The molecule has 3 unspecified atom stereocenters. The van der Waals surface area contributed by atoms with Crippen LogP contribution < -0.4 is 5.32 Å². The van der Waals surface area contributed by atoms with E-state index < -0.39 is 0 Å². The quantitative estimate of drug-likeness (QED) is 0.834. The van der Waals surface area contributed by atoms with Crippen LogP contribution in [0.15, 0.2) is 0 Å². The minimum atomic E-state index is 0.312. The van der Waals surface area contributed by atoms with Crippen molar-refractivity contribution < 1.29 is 4.74 Å². The van der Waals surface area contributed by atoms with Gasteiger partial charge in [-0.15, -0.1) is 0 Å². The first-order chi connectivity index (χ1) is 8.68. The Hall–Kier alpha value is -0.120. The van der Waals surface area contributed by atoms with Crippen LogP contribution in [0.4, 0.5) is 0 Å². The van der Waals surface area contributed by atoms with Crippen LogP contribution in [0.3, 0.4) is 0 Å². The molecule has 0 saturated carbocycles. The predicted molar refractivity (Wildman–Crippen MR) is 75.9 cm³/mol. The molecule has 0 aromatic carbocycles. The zero-order valence-corrected chi connectivity index (χ0v) is 12.4. The lowest BCUT2D eigenvalue weighted by Gasteiger charge is -2.49. The number of hydrogen-bond acceptors (Lipinski definition) is 3. The van der Waals surface area contributed by atoms with E-state index >= 15 is 0 Å². The van der Waals surface area contributed by atoms with Gasteiger partial charge in [-0.25, -0.2) is 0 Å². The van der Waals surface area contributed by atoms with E-state index in [1.54, 1.807) is 0 Å². The average Bonchev–Trinajstić information content (AvgIpc) is 2.42. The SMILES string of the molecule is CCC1CN(CC2CCCCO2)C(C)(CC)CN1. The largest absolute Gasteiger partial charge is 0.377 e. The molecule has 3 atom stereocenters. The van der Waals surface area contributed by atoms with Gasteiger partial charge < -0.3 is 10.1 Å². The fraction of sp³-hybridized carbons (Fsp3) is 1.00. The molecule has 106 valence electrons. The van der Waals surface area contributed by atoms with Crippen LogP contribution in [0.1, 0.15) is 52.9 Å². The summed E-state index contributed by atoms with van der Waals surface area (Å²) in [6.07, 6.45) is 6.75. The Morgan fingerprint density at radius 1 is 1.33 bits per heavy atom. The van der Waals surface area contributed by atoms with Crippen LogP contribution in [0, 0.1) is 0 Å². The first kappa shape index (κ1) is 14.3. The third kappa shape index (κ3) is 3.25. The normalized spacial score (nSPS) is 38.8. The second-order valence-electron chi connectivity index (χ2n) is 6.23. The summed E-state index contributed by atoms with van der Waals surface area (Å²) in [5.74, 6) is 0. The predicted octanol–water partition coefficient (Wildman–Crippen LogP) is 2.41. The second-order valence-corrected chi connectivity index (χ2v) is 6.23. The van der Waals surface area contributed by atoms with Gasteiger partial charge in [0.25, 0.3) is 0 Å². The number of piperazine rings is 1. The van der Waals surface area contributed by atoms with Gasteiger partial charge in [-0.2, -0.15) is 0 Å². The van der Waals surface area contributed by atoms with E-state index in [9.17, 15) is 0 Å². The molecule has 0 spiro atoms. The summed E-state index contributed by atoms with van der Waals surface area (Å²) in [5.41, 5.74) is 0.312. The minimum Gasteiger partial charge on any atom is -0.377 e. The molecule has 3 heteroatoms. The van der Waals surface area contributed by atoms with Gasteiger partial charge in [0.05, 0.1) is 6.10 Å². The van der Waals surface area contributed by atoms with Gasteiger partial charge in [-0.1, -0.05) is 13.8 Å². The zero-order chi connectivity index (χ0) is 13.0. The van der Waals surface area contributed by atoms with Gasteiger partial charge in [0, 0.05) is 37.8 Å². The standard InChI is InChI=1S/C15H30N2O/c1-4-13-10-17(15(3,5-2)12-16-13)11-14-8-6-7-9-18-14/h13-14,16H,4-12H2,1-3H3. The summed E-state index contributed by atoms with van der Waals surface area (Å²) in [5, 5.41) is 3.70. The van der Waals surface area contributed by atoms with Crippen LogP contribution in [0.2, 0.25) is 0 Å². The molecule has 0 amide bonds. The topological polar surface area (TPSA) is 24.5 Å². The number of rotatable bonds is 4. The van der Waals surface area contributed by atoms with Gasteiger partial charge in [-0.3, -0.25) is 4.90 Å². The van der Waals surface area contributed by atoms with E-state index in [0.717, 1.165) is 19.7 Å². The molecule has 2 aliphatic rings. The first-order valence-electron chi connectivity index (χ1n) is 7.78. The van der Waals surface area contributed by atoms with Crippen molar-refractivity contribution in [2.75, 3.05) is 26.2 Å². The highest BCUT2D eigenvalue weighted by Crippen LogP contribution is 2.26. The molecule has 0 bridgehead atoms. The average molecular weight is 254 g/mol. The smallest absolute Gasteiger partial charge is 0.0702 e. The summed E-state index contributed by atoms with van der Waals surface area (Å²) in [6, 6.07) is 0.660. The van der Waals surface area contributed by atoms with E-state index in [0.29, 0.717) is 17.7 Å². The van der Waals surface area contributed by atoms with Gasteiger partial charge >= 0.3 is 0 Å². The molecule has 0 aromatic rings. The fourth-order valence-electron chi connectivity index (χ4n) is 3.14. The van der Waals surface area contributed by atoms with E-state index in [4.69, 9.17) is 4.74 Å². The molecule has 2 rings (SSSR count). The molecule has 3 nitrogen and oxygen atoms in total. The lowest BCUT2D eigenvalue weighted by molar-refractivity contribution is -0.0429. The Morgan fingerprint density at radius 3 is 2.78 bits per heavy atom. The Labute approximate surface area is 112 Å². The highest BCUT2D eigenvalue weighted by molar-refractivity contribution is 4.95. The van der Waals surface area contributed by atoms with Gasteiger partial charge in [0.15, 0.2) is 0 Å². The van der Waals surface area contributed by atoms with Crippen molar-refractivity contribution in [3.63, 3.8) is 0 Å². The second kappa shape index (κ2) is 6.36. The lowest BCUT2D eigenvalue weighted by atomic mass is 9.90. The van der Waals surface area contributed by atoms with E-state index in [1.165, 1.54) is 38.6 Å². The molecule has 2 aliphatic heterocycles. The molecule has 0 radical (unpaired) electrons. The van der Waals surface area contributed by atoms with Gasteiger partial charge in [0.2, 0.25) is 0 Å². The Kier molecular flexibility index (Phi) is 5.05. The van der Waals surface area contributed by atoms with Crippen molar-refractivity contribution in [3.05, 3.63) is 0 Å². The van der Waals surface area contributed by atoms with Crippen LogP contribution in [-0.2, 0) is 4.74 Å². The van der Waals surface area contributed by atoms with Crippen molar-refractivity contribution in [1.29, 1.82) is 0 Å². The molecular weight excluding hydrogens is 224 g/mol. The highest BCUT2D eigenvalue weighted by Gasteiger charge is 2.37. The lowest BCUT2D eigenvalue weighted by Crippen LogP contribution is -2.64. The van der Waals surface area contributed by atoms with Crippen molar-refractivity contribution in [2.24, 2.45) is 0 Å². The third-order valence-electron chi connectivity index (χ3n) is 4.93. The van der Waals surface area contributed by atoms with Gasteiger partial charge in [-0.05, 0) is 39.0 Å². The van der Waals surface area contributed by atoms with Crippen molar-refractivity contribution >= 4 is 0 Å². The van der Waals surface area contributed by atoms with E-state index in [-0.39, 0.29) is 0 Å². The van der Waals surface area contributed by atoms with Crippen molar-refractivity contribution in [2.45, 2.75) is 70.6 Å². The maximum atomic E-state index is 5.93. The maximum absolute atomic E-state index is 5.93. The van der Waals surface area contributed by atoms with E-state index in [1.807, 2.05) is 0 Å². The minimum absolute atomic E-state index is 0.312. The molecule has 1 N–H and O–H groups in total. The Morgan fingerprint density at radius 2 is 2.17 bits per heavy atom. The number of ether oxygens (including phenoxy) is 1. The first-order valence-corrected chi connectivity index (χ1v) is 7.78. The molecule has 2 heterocycles. The van der Waals surface area contributed by atoms with E-state index in [2.05, 4.69) is 31.0 Å². The summed E-state index contributed by atoms with van der Waals surface area (Å²) < 4.78 is 5.93. The summed E-state index contributed by atoms with van der Waals surface area (Å²) >= 11 is 0. The molecule has 18 heavy (non-hydrogen) atoms. The summed E-state index contributed by atoms with van der Waals surface area (Å²) in [4.78, 5) is 2.69. The fourth-order valence-corrected chi connectivity index (χ4v) is 3.14. The van der Waals surface area contributed by atoms with Gasteiger partial charge in [0.1, 0.15) is 0 Å². The third-order valence-corrected chi connectivity index (χ3v) is 4.93. The van der Waals surface area contributed by atoms with Crippen LogP contribution in [-0.4, -0.2) is 48.8 Å². The summed E-state index contributed by atoms with van der Waals surface area (Å²) in [6.45, 7) is 11.4. The maximum Gasteiger partial charge on any atom is 0.0702 e. The van der Waals surface area contributed by atoms with Crippen LogP contribution >= 0.6 is 0 Å². The number of nitrogens with one attached hydrogen (secondary N) is 1. The number of nitrogens with zero attached hydrogens (tertiary/aromatic N) is 1.